The lowest BCUT2D eigenvalue weighted by Gasteiger charge is -2.09. The van der Waals surface area contributed by atoms with Crippen LogP contribution in [0.4, 0.5) is 5.69 Å². The van der Waals surface area contributed by atoms with E-state index in [4.69, 9.17) is 16.3 Å². The molecule has 2 rings (SSSR count). The normalized spacial score (nSPS) is 10.2. The molecule has 21 heavy (non-hydrogen) atoms. The van der Waals surface area contributed by atoms with Crippen LogP contribution in [0.15, 0.2) is 42.5 Å². The van der Waals surface area contributed by atoms with Crippen molar-refractivity contribution in [1.82, 2.24) is 0 Å². The van der Waals surface area contributed by atoms with Crippen LogP contribution in [0, 0.1) is 0 Å². The van der Waals surface area contributed by atoms with Crippen LogP contribution in [0.3, 0.4) is 0 Å². The molecule has 0 aliphatic carbocycles. The maximum Gasteiger partial charge on any atom is 0.255 e. The number of benzene rings is 2. The van der Waals surface area contributed by atoms with Gasteiger partial charge in [-0.25, -0.2) is 0 Å². The van der Waals surface area contributed by atoms with Crippen LogP contribution in [0.1, 0.15) is 15.9 Å². The largest absolute Gasteiger partial charge is 0.495 e. The predicted molar refractivity (Wildman–Crippen MR) is 89.6 cm³/mol. The lowest BCUT2D eigenvalue weighted by atomic mass is 10.1. The number of halogens is 1. The third-order valence-corrected chi connectivity index (χ3v) is 3.83. The lowest BCUT2D eigenvalue weighted by molar-refractivity contribution is 0.102. The summed E-state index contributed by atoms with van der Waals surface area (Å²) in [6.07, 6.45) is 2.03. The Balaban J connectivity index is 2.14. The molecule has 0 fully saturated rings. The van der Waals surface area contributed by atoms with E-state index in [0.29, 0.717) is 22.0 Å². The molecule has 0 aliphatic heterocycles. The molecule has 3 nitrogen and oxygen atoms in total. The number of hydrogen-bond donors (Lipinski definition) is 1. The summed E-state index contributed by atoms with van der Waals surface area (Å²) in [6, 6.07) is 12.8. The molecular weight excluding hydrogens is 306 g/mol. The minimum Gasteiger partial charge on any atom is -0.495 e. The van der Waals surface area contributed by atoms with E-state index in [1.165, 1.54) is 0 Å². The van der Waals surface area contributed by atoms with E-state index in [1.807, 2.05) is 24.5 Å². The quantitative estimate of drug-likeness (QED) is 0.883. The van der Waals surface area contributed by atoms with Crippen molar-refractivity contribution >= 4 is 35.0 Å². The van der Waals surface area contributed by atoms with Gasteiger partial charge >= 0.3 is 0 Å². The molecule has 0 heterocycles. The molecule has 0 aromatic heterocycles. The van der Waals surface area contributed by atoms with Gasteiger partial charge < -0.3 is 10.1 Å². The zero-order chi connectivity index (χ0) is 15.2. The molecule has 1 amide bonds. The second-order valence-corrected chi connectivity index (χ2v) is 5.71. The highest BCUT2D eigenvalue weighted by Crippen LogP contribution is 2.27. The van der Waals surface area contributed by atoms with E-state index in [1.54, 1.807) is 43.1 Å². The SMILES string of the molecule is COc1ccc(NC(=O)c2cccc(CSC)c2)cc1Cl. The van der Waals surface area contributed by atoms with Crippen LogP contribution in [-0.2, 0) is 5.75 Å². The maximum atomic E-state index is 12.2. The van der Waals surface area contributed by atoms with Crippen molar-refractivity contribution in [2.45, 2.75) is 5.75 Å². The fourth-order valence-corrected chi connectivity index (χ4v) is 2.69. The average molecular weight is 322 g/mol. The van der Waals surface area contributed by atoms with Crippen molar-refractivity contribution in [3.63, 3.8) is 0 Å². The molecule has 0 aliphatic rings. The van der Waals surface area contributed by atoms with E-state index in [9.17, 15) is 4.79 Å². The third-order valence-electron chi connectivity index (χ3n) is 2.91. The van der Waals surface area contributed by atoms with E-state index >= 15 is 0 Å². The summed E-state index contributed by atoms with van der Waals surface area (Å²) in [7, 11) is 1.55. The molecule has 0 atom stereocenters. The van der Waals surface area contributed by atoms with Crippen molar-refractivity contribution in [3.8, 4) is 5.75 Å². The number of methoxy groups -OCH3 is 1. The van der Waals surface area contributed by atoms with Crippen molar-refractivity contribution in [2.24, 2.45) is 0 Å². The summed E-state index contributed by atoms with van der Waals surface area (Å²) in [5.74, 6) is 1.31. The van der Waals surface area contributed by atoms with Crippen molar-refractivity contribution in [2.75, 3.05) is 18.7 Å². The Morgan fingerprint density at radius 1 is 1.29 bits per heavy atom. The number of anilines is 1. The van der Waals surface area contributed by atoms with Crippen molar-refractivity contribution in [3.05, 3.63) is 58.6 Å². The number of carbonyl (C=O) groups is 1. The first-order chi connectivity index (χ1) is 10.1. The zero-order valence-corrected chi connectivity index (χ0v) is 13.4. The van der Waals surface area contributed by atoms with Gasteiger partial charge in [-0.05, 0) is 42.2 Å². The fourth-order valence-electron chi connectivity index (χ4n) is 1.92. The predicted octanol–water partition coefficient (Wildman–Crippen LogP) is 4.46. The summed E-state index contributed by atoms with van der Waals surface area (Å²) >= 11 is 7.77. The number of carbonyl (C=O) groups excluding carboxylic acids is 1. The van der Waals surface area contributed by atoms with E-state index in [2.05, 4.69) is 5.32 Å². The molecular formula is C16H16ClNO2S. The van der Waals surface area contributed by atoms with E-state index < -0.39 is 0 Å². The van der Waals surface area contributed by atoms with Crippen LogP contribution in [0.2, 0.25) is 5.02 Å². The van der Waals surface area contributed by atoms with E-state index in [0.717, 1.165) is 11.3 Å². The fraction of sp³-hybridized carbons (Fsp3) is 0.188. The Kier molecular flexibility index (Phi) is 5.53. The average Bonchev–Trinajstić information content (AvgIpc) is 2.48. The molecule has 110 valence electrons. The smallest absolute Gasteiger partial charge is 0.255 e. The van der Waals surface area contributed by atoms with Gasteiger partial charge in [0.15, 0.2) is 0 Å². The first-order valence-corrected chi connectivity index (χ1v) is 8.14. The minimum atomic E-state index is -0.154. The zero-order valence-electron chi connectivity index (χ0n) is 11.9. The van der Waals surface area contributed by atoms with Gasteiger partial charge in [0.2, 0.25) is 0 Å². The first-order valence-electron chi connectivity index (χ1n) is 6.37. The number of hydrogen-bond acceptors (Lipinski definition) is 3. The molecule has 0 bridgehead atoms. The van der Waals surface area contributed by atoms with Crippen LogP contribution >= 0.6 is 23.4 Å². The van der Waals surface area contributed by atoms with Crippen LogP contribution in [0.5, 0.6) is 5.75 Å². The standard InChI is InChI=1S/C16H16ClNO2S/c1-20-15-7-6-13(9-14(15)17)18-16(19)12-5-3-4-11(8-12)10-21-2/h3-9H,10H2,1-2H3,(H,18,19). The third kappa shape index (κ3) is 4.16. The molecule has 2 aromatic carbocycles. The van der Waals surface area contributed by atoms with E-state index in [-0.39, 0.29) is 5.91 Å². The Morgan fingerprint density at radius 2 is 2.10 bits per heavy atom. The Morgan fingerprint density at radius 3 is 2.76 bits per heavy atom. The highest BCUT2D eigenvalue weighted by Gasteiger charge is 2.08. The molecule has 0 radical (unpaired) electrons. The summed E-state index contributed by atoms with van der Waals surface area (Å²) in [5, 5.41) is 3.30. The second kappa shape index (κ2) is 7.38. The number of ether oxygens (including phenoxy) is 1. The maximum absolute atomic E-state index is 12.2. The van der Waals surface area contributed by atoms with Crippen LogP contribution in [-0.4, -0.2) is 19.3 Å². The number of thioether (sulfide) groups is 1. The van der Waals surface area contributed by atoms with Gasteiger partial charge in [0.25, 0.3) is 5.91 Å². The van der Waals surface area contributed by atoms with Crippen LogP contribution in [0.25, 0.3) is 0 Å². The number of rotatable bonds is 5. The molecule has 0 spiro atoms. The molecule has 2 aromatic rings. The topological polar surface area (TPSA) is 38.3 Å². The van der Waals surface area contributed by atoms with Gasteiger partial charge in [-0.2, -0.15) is 11.8 Å². The van der Waals surface area contributed by atoms with Crippen molar-refractivity contribution < 1.29 is 9.53 Å². The van der Waals surface area contributed by atoms with Crippen molar-refractivity contribution in [1.29, 1.82) is 0 Å². The molecule has 1 N–H and O–H groups in total. The first kappa shape index (κ1) is 15.7. The summed E-state index contributed by atoms with van der Waals surface area (Å²) in [4.78, 5) is 12.2. The van der Waals surface area contributed by atoms with Gasteiger partial charge in [-0.1, -0.05) is 23.7 Å². The highest BCUT2D eigenvalue weighted by molar-refractivity contribution is 7.97. The Hall–Kier alpha value is -1.65. The Labute approximate surface area is 133 Å². The molecule has 0 saturated heterocycles. The summed E-state index contributed by atoms with van der Waals surface area (Å²) in [5.41, 5.74) is 2.40. The second-order valence-electron chi connectivity index (χ2n) is 4.44. The van der Waals surface area contributed by atoms with Gasteiger partial charge in [-0.15, -0.1) is 0 Å². The lowest BCUT2D eigenvalue weighted by Crippen LogP contribution is -2.12. The van der Waals surface area contributed by atoms with Gasteiger partial charge in [0.1, 0.15) is 5.75 Å². The molecule has 5 heteroatoms. The van der Waals surface area contributed by atoms with Crippen LogP contribution < -0.4 is 10.1 Å². The number of nitrogens with one attached hydrogen (secondary N) is 1. The van der Waals surface area contributed by atoms with Gasteiger partial charge in [0, 0.05) is 17.0 Å². The summed E-state index contributed by atoms with van der Waals surface area (Å²) in [6.45, 7) is 0. The van der Waals surface area contributed by atoms with Gasteiger partial charge in [-0.3, -0.25) is 4.79 Å². The molecule has 0 unspecified atom stereocenters. The van der Waals surface area contributed by atoms with Gasteiger partial charge in [0.05, 0.1) is 12.1 Å². The molecule has 0 saturated carbocycles. The monoisotopic (exact) mass is 321 g/mol. The Bertz CT molecular complexity index is 646. The summed E-state index contributed by atoms with van der Waals surface area (Å²) < 4.78 is 5.09. The highest BCUT2D eigenvalue weighted by atomic mass is 35.5. The minimum absolute atomic E-state index is 0.154. The number of amides is 1.